The summed E-state index contributed by atoms with van der Waals surface area (Å²) in [5.41, 5.74) is 7.65. The fourth-order valence-electron chi connectivity index (χ4n) is 2.40. The number of rotatable bonds is 6. The third-order valence-electron chi connectivity index (χ3n) is 3.61. The molecule has 1 aliphatic heterocycles. The van der Waals surface area contributed by atoms with Crippen molar-refractivity contribution in [1.29, 1.82) is 0 Å². The summed E-state index contributed by atoms with van der Waals surface area (Å²) in [4.78, 5) is 0.271. The molecule has 0 spiro atoms. The third-order valence-corrected chi connectivity index (χ3v) is 5.04. The Bertz CT molecular complexity index is 552. The van der Waals surface area contributed by atoms with Crippen molar-refractivity contribution >= 4 is 10.0 Å². The number of hydrogen-bond donors (Lipinski definition) is 2. The SMILES string of the molecule is CCc1ccc(S(=O)(=O)NCC2CCCO2)cc1CN. The van der Waals surface area contributed by atoms with Crippen molar-refractivity contribution in [1.82, 2.24) is 4.72 Å². The molecule has 1 aromatic carbocycles. The van der Waals surface area contributed by atoms with Crippen molar-refractivity contribution in [3.63, 3.8) is 0 Å². The van der Waals surface area contributed by atoms with Gasteiger partial charge in [-0.3, -0.25) is 0 Å². The lowest BCUT2D eigenvalue weighted by atomic mass is 10.1. The van der Waals surface area contributed by atoms with E-state index in [1.807, 2.05) is 13.0 Å². The van der Waals surface area contributed by atoms with Crippen molar-refractivity contribution in [2.75, 3.05) is 13.2 Å². The Kier molecular flexibility index (Phi) is 5.15. The molecule has 0 saturated carbocycles. The zero-order valence-corrected chi connectivity index (χ0v) is 12.6. The second-order valence-corrected chi connectivity index (χ2v) is 6.74. The van der Waals surface area contributed by atoms with E-state index in [9.17, 15) is 8.42 Å². The van der Waals surface area contributed by atoms with Gasteiger partial charge in [-0.2, -0.15) is 0 Å². The number of hydrogen-bond acceptors (Lipinski definition) is 4. The maximum atomic E-state index is 12.2. The van der Waals surface area contributed by atoms with Crippen LogP contribution in [0, 0.1) is 0 Å². The summed E-state index contributed by atoms with van der Waals surface area (Å²) in [7, 11) is -3.49. The molecule has 112 valence electrons. The standard InChI is InChI=1S/C14H22N2O3S/c1-2-11-5-6-14(8-12(11)9-15)20(17,18)16-10-13-4-3-7-19-13/h5-6,8,13,16H,2-4,7,9-10,15H2,1H3. The number of ether oxygens (including phenoxy) is 1. The van der Waals surface area contributed by atoms with Crippen molar-refractivity contribution in [2.45, 2.75) is 43.7 Å². The van der Waals surface area contributed by atoms with Gasteiger partial charge in [0, 0.05) is 19.7 Å². The zero-order chi connectivity index (χ0) is 14.6. The summed E-state index contributed by atoms with van der Waals surface area (Å²) >= 11 is 0. The quantitative estimate of drug-likeness (QED) is 0.826. The fraction of sp³-hybridized carbons (Fsp3) is 0.571. The lowest BCUT2D eigenvalue weighted by molar-refractivity contribution is 0.114. The molecule has 1 aromatic rings. The van der Waals surface area contributed by atoms with Crippen LogP contribution in [0.5, 0.6) is 0 Å². The van der Waals surface area contributed by atoms with E-state index in [0.717, 1.165) is 37.0 Å². The maximum absolute atomic E-state index is 12.2. The third kappa shape index (κ3) is 3.58. The van der Waals surface area contributed by atoms with E-state index >= 15 is 0 Å². The van der Waals surface area contributed by atoms with Crippen LogP contribution in [0.25, 0.3) is 0 Å². The second kappa shape index (κ2) is 6.67. The van der Waals surface area contributed by atoms with Crippen molar-refractivity contribution in [2.24, 2.45) is 5.73 Å². The van der Waals surface area contributed by atoms with Crippen LogP contribution in [0.15, 0.2) is 23.1 Å². The van der Waals surface area contributed by atoms with Gasteiger partial charge in [-0.15, -0.1) is 0 Å². The number of nitrogens with two attached hydrogens (primary N) is 1. The van der Waals surface area contributed by atoms with Gasteiger partial charge in [0.2, 0.25) is 10.0 Å². The van der Waals surface area contributed by atoms with Crippen LogP contribution in [-0.4, -0.2) is 27.7 Å². The van der Waals surface area contributed by atoms with E-state index in [1.165, 1.54) is 0 Å². The van der Waals surface area contributed by atoms with Gasteiger partial charge < -0.3 is 10.5 Å². The summed E-state index contributed by atoms with van der Waals surface area (Å²) < 4.78 is 32.5. The predicted molar refractivity (Wildman–Crippen MR) is 77.9 cm³/mol. The Morgan fingerprint density at radius 1 is 1.40 bits per heavy atom. The smallest absolute Gasteiger partial charge is 0.240 e. The predicted octanol–water partition coefficient (Wildman–Crippen LogP) is 1.16. The van der Waals surface area contributed by atoms with E-state index < -0.39 is 10.0 Å². The molecule has 1 heterocycles. The summed E-state index contributed by atoms with van der Waals surface area (Å²) in [5.74, 6) is 0. The molecule has 20 heavy (non-hydrogen) atoms. The van der Waals surface area contributed by atoms with Crippen LogP contribution in [0.4, 0.5) is 0 Å². The normalized spacial score (nSPS) is 19.4. The molecule has 0 radical (unpaired) electrons. The van der Waals surface area contributed by atoms with Gasteiger partial charge in [-0.25, -0.2) is 13.1 Å². The highest BCUT2D eigenvalue weighted by molar-refractivity contribution is 7.89. The molecule has 5 nitrogen and oxygen atoms in total. The summed E-state index contributed by atoms with van der Waals surface area (Å²) in [6.45, 7) is 3.42. The Balaban J connectivity index is 2.11. The Morgan fingerprint density at radius 2 is 2.20 bits per heavy atom. The zero-order valence-electron chi connectivity index (χ0n) is 11.8. The fourth-order valence-corrected chi connectivity index (χ4v) is 3.51. The van der Waals surface area contributed by atoms with Crippen LogP contribution in [0.2, 0.25) is 0 Å². The van der Waals surface area contributed by atoms with Gasteiger partial charge in [-0.1, -0.05) is 13.0 Å². The van der Waals surface area contributed by atoms with Gasteiger partial charge in [0.1, 0.15) is 0 Å². The molecule has 1 fully saturated rings. The van der Waals surface area contributed by atoms with E-state index in [4.69, 9.17) is 10.5 Å². The molecule has 0 amide bonds. The van der Waals surface area contributed by atoms with Crippen LogP contribution < -0.4 is 10.5 Å². The van der Waals surface area contributed by atoms with Crippen LogP contribution in [0.1, 0.15) is 30.9 Å². The summed E-state index contributed by atoms with van der Waals surface area (Å²) in [5, 5.41) is 0. The highest BCUT2D eigenvalue weighted by Gasteiger charge is 2.20. The molecule has 0 aliphatic carbocycles. The highest BCUT2D eigenvalue weighted by Crippen LogP contribution is 2.17. The monoisotopic (exact) mass is 298 g/mol. The first kappa shape index (κ1) is 15.4. The minimum absolute atomic E-state index is 0.00586. The van der Waals surface area contributed by atoms with Gasteiger partial charge >= 0.3 is 0 Å². The van der Waals surface area contributed by atoms with Crippen molar-refractivity contribution in [3.05, 3.63) is 29.3 Å². The molecule has 0 aromatic heterocycles. The summed E-state index contributed by atoms with van der Waals surface area (Å²) in [6, 6.07) is 5.13. The largest absolute Gasteiger partial charge is 0.377 e. The Hall–Kier alpha value is -0.950. The lowest BCUT2D eigenvalue weighted by Gasteiger charge is -2.13. The van der Waals surface area contributed by atoms with Crippen LogP contribution >= 0.6 is 0 Å². The molecule has 1 aliphatic rings. The van der Waals surface area contributed by atoms with E-state index in [1.54, 1.807) is 12.1 Å². The summed E-state index contributed by atoms with van der Waals surface area (Å²) in [6.07, 6.45) is 2.74. The molecular weight excluding hydrogens is 276 g/mol. The average Bonchev–Trinajstić information content (AvgIpc) is 2.97. The minimum Gasteiger partial charge on any atom is -0.377 e. The van der Waals surface area contributed by atoms with Crippen LogP contribution in [0.3, 0.4) is 0 Å². The van der Waals surface area contributed by atoms with Crippen LogP contribution in [-0.2, 0) is 27.7 Å². The molecule has 0 bridgehead atoms. The highest BCUT2D eigenvalue weighted by atomic mass is 32.2. The van der Waals surface area contributed by atoms with Gasteiger partial charge in [0.05, 0.1) is 11.0 Å². The Morgan fingerprint density at radius 3 is 2.80 bits per heavy atom. The molecule has 3 N–H and O–H groups in total. The first-order valence-corrected chi connectivity index (χ1v) is 8.48. The van der Waals surface area contributed by atoms with E-state index in [0.29, 0.717) is 13.1 Å². The van der Waals surface area contributed by atoms with E-state index in [-0.39, 0.29) is 11.0 Å². The molecule has 1 unspecified atom stereocenters. The number of nitrogens with one attached hydrogen (secondary N) is 1. The topological polar surface area (TPSA) is 81.4 Å². The molecule has 1 saturated heterocycles. The lowest BCUT2D eigenvalue weighted by Crippen LogP contribution is -2.32. The maximum Gasteiger partial charge on any atom is 0.240 e. The minimum atomic E-state index is -3.49. The second-order valence-electron chi connectivity index (χ2n) is 4.98. The first-order chi connectivity index (χ1) is 9.56. The number of benzene rings is 1. The van der Waals surface area contributed by atoms with Gasteiger partial charge in [0.15, 0.2) is 0 Å². The van der Waals surface area contributed by atoms with E-state index in [2.05, 4.69) is 4.72 Å². The van der Waals surface area contributed by atoms with Gasteiger partial charge in [-0.05, 0) is 42.5 Å². The number of sulfonamides is 1. The first-order valence-electron chi connectivity index (χ1n) is 7.00. The molecular formula is C14H22N2O3S. The molecule has 1 atom stereocenters. The average molecular weight is 298 g/mol. The number of aryl methyl sites for hydroxylation is 1. The molecule has 2 rings (SSSR count). The Labute approximate surface area is 120 Å². The van der Waals surface area contributed by atoms with Crippen molar-refractivity contribution < 1.29 is 13.2 Å². The van der Waals surface area contributed by atoms with Gasteiger partial charge in [0.25, 0.3) is 0 Å². The molecule has 6 heteroatoms. The van der Waals surface area contributed by atoms with Crippen molar-refractivity contribution in [3.8, 4) is 0 Å².